The van der Waals surface area contributed by atoms with E-state index < -0.39 is 23.5 Å². The van der Waals surface area contributed by atoms with E-state index in [4.69, 9.17) is 11.2 Å². The first-order valence-corrected chi connectivity index (χ1v) is 5.86. The third-order valence-corrected chi connectivity index (χ3v) is 2.50. The van der Waals surface area contributed by atoms with Crippen LogP contribution in [0.5, 0.6) is 0 Å². The monoisotopic (exact) mass is 266 g/mol. The van der Waals surface area contributed by atoms with Gasteiger partial charge < -0.3 is 15.2 Å². The molecular weight excluding hydrogens is 246 g/mol. The predicted molar refractivity (Wildman–Crippen MR) is 70.6 cm³/mol. The fraction of sp³-hybridized carbons (Fsp3) is 0.429. The number of carbonyl (C=O) groups is 2. The van der Waals surface area contributed by atoms with Gasteiger partial charge in [0.1, 0.15) is 12.6 Å². The molecule has 0 heterocycles. The van der Waals surface area contributed by atoms with E-state index in [9.17, 15) is 9.59 Å². The number of aliphatic carboxylic acids is 1. The molecule has 0 saturated heterocycles. The van der Waals surface area contributed by atoms with Crippen LogP contribution in [0, 0.1) is 5.41 Å². The maximum atomic E-state index is 11.6. The summed E-state index contributed by atoms with van der Waals surface area (Å²) in [7, 11) is 0. The number of carbonyl (C=O) groups excluding carboxylic acids is 1. The van der Waals surface area contributed by atoms with Crippen molar-refractivity contribution in [3.8, 4) is 0 Å². The molecule has 2 N–H and O–H groups in total. The van der Waals surface area contributed by atoms with Gasteiger partial charge in [0.15, 0.2) is 0 Å². The molecule has 0 aromatic heterocycles. The van der Waals surface area contributed by atoms with Gasteiger partial charge in [0.2, 0.25) is 0 Å². The number of hydrogen-bond acceptors (Lipinski definition) is 3. The zero-order valence-corrected chi connectivity index (χ0v) is 11.1. The Morgan fingerprint density at radius 3 is 2.58 bits per heavy atom. The lowest BCUT2D eigenvalue weighted by atomic mass is 9.87. The summed E-state index contributed by atoms with van der Waals surface area (Å²) < 4.78 is 12.3. The Morgan fingerprint density at radius 2 is 2.05 bits per heavy atom. The summed E-state index contributed by atoms with van der Waals surface area (Å²) in [5.74, 6) is -1.18. The molecule has 5 heteroatoms. The number of nitrogens with one attached hydrogen (secondary N) is 1. The molecule has 0 aliphatic rings. The molecule has 0 radical (unpaired) electrons. The van der Waals surface area contributed by atoms with Crippen molar-refractivity contribution in [2.45, 2.75) is 33.4 Å². The van der Waals surface area contributed by atoms with Gasteiger partial charge in [-0.1, -0.05) is 51.1 Å². The number of ether oxygens (including phenoxy) is 1. The minimum Gasteiger partial charge on any atom is -0.480 e. The average molecular weight is 266 g/mol. The van der Waals surface area contributed by atoms with Gasteiger partial charge in [-0.2, -0.15) is 0 Å². The van der Waals surface area contributed by atoms with Crippen LogP contribution >= 0.6 is 0 Å². The van der Waals surface area contributed by atoms with Crippen molar-refractivity contribution >= 4 is 12.1 Å². The highest BCUT2D eigenvalue weighted by molar-refractivity contribution is 5.80. The Bertz CT molecular complexity index is 462. The van der Waals surface area contributed by atoms with Gasteiger partial charge in [-0.3, -0.25) is 0 Å². The second-order valence-electron chi connectivity index (χ2n) is 4.97. The third kappa shape index (κ3) is 4.99. The molecule has 0 bridgehead atoms. The van der Waals surface area contributed by atoms with Crippen molar-refractivity contribution in [2.24, 2.45) is 5.41 Å². The van der Waals surface area contributed by atoms with Crippen molar-refractivity contribution in [1.82, 2.24) is 5.32 Å². The maximum Gasteiger partial charge on any atom is 0.408 e. The van der Waals surface area contributed by atoms with Gasteiger partial charge >= 0.3 is 12.1 Å². The molecular formula is C14H19NO4. The van der Waals surface area contributed by atoms with Crippen LogP contribution in [0.3, 0.4) is 0 Å². The summed E-state index contributed by atoms with van der Waals surface area (Å²) in [6.45, 7) is 3.16. The summed E-state index contributed by atoms with van der Waals surface area (Å²) in [6, 6.07) is 7.93. The van der Waals surface area contributed by atoms with Crippen LogP contribution in [0.2, 0.25) is 0 Å². The topological polar surface area (TPSA) is 75.6 Å². The Hall–Kier alpha value is -2.04. The highest BCUT2D eigenvalue weighted by atomic mass is 16.5. The lowest BCUT2D eigenvalue weighted by Crippen LogP contribution is -2.49. The summed E-state index contributed by atoms with van der Waals surface area (Å²) in [5.41, 5.74) is -0.0632. The van der Waals surface area contributed by atoms with Gasteiger partial charge in [0.25, 0.3) is 0 Å². The van der Waals surface area contributed by atoms with E-state index in [1.165, 1.54) is 0 Å². The quantitative estimate of drug-likeness (QED) is 0.877. The Balaban J connectivity index is 2.57. The first kappa shape index (κ1) is 13.4. The van der Waals surface area contributed by atoms with Gasteiger partial charge in [-0.05, 0) is 11.0 Å². The van der Waals surface area contributed by atoms with Crippen LogP contribution in [-0.2, 0) is 16.1 Å². The lowest BCUT2D eigenvalue weighted by Gasteiger charge is -2.27. The van der Waals surface area contributed by atoms with Crippen LogP contribution < -0.4 is 5.32 Å². The minimum absolute atomic E-state index is 0.0698. The molecule has 0 fully saturated rings. The molecule has 0 aliphatic carbocycles. The van der Waals surface area contributed by atoms with Crippen molar-refractivity contribution in [3.63, 3.8) is 0 Å². The number of amides is 1. The van der Waals surface area contributed by atoms with Crippen LogP contribution in [0.25, 0.3) is 0 Å². The highest BCUT2D eigenvalue weighted by Gasteiger charge is 2.33. The van der Waals surface area contributed by atoms with Gasteiger partial charge in [0, 0.05) is 1.37 Å². The van der Waals surface area contributed by atoms with Gasteiger partial charge in [-0.15, -0.1) is 0 Å². The third-order valence-electron chi connectivity index (χ3n) is 2.50. The average Bonchev–Trinajstić information content (AvgIpc) is 2.43. The van der Waals surface area contributed by atoms with Crippen molar-refractivity contribution in [2.75, 3.05) is 0 Å². The smallest absolute Gasteiger partial charge is 0.408 e. The molecule has 1 rings (SSSR count). The zero-order chi connectivity index (χ0) is 15.2. The number of carboxylic acid groups (broad SMARTS) is 1. The molecule has 0 unspecified atom stereocenters. The largest absolute Gasteiger partial charge is 0.480 e. The lowest BCUT2D eigenvalue weighted by molar-refractivity contribution is -0.142. The number of hydrogen-bond donors (Lipinski definition) is 2. The summed E-state index contributed by atoms with van der Waals surface area (Å²) in [5, 5.41) is 11.4. The van der Waals surface area contributed by atoms with E-state index in [2.05, 4.69) is 5.32 Å². The van der Waals surface area contributed by atoms with Gasteiger partial charge in [-0.25, -0.2) is 9.59 Å². The Morgan fingerprint density at radius 1 is 1.42 bits per heavy atom. The molecule has 19 heavy (non-hydrogen) atoms. The Kier molecular flexibility index (Phi) is 4.39. The van der Waals surface area contributed by atoms with Crippen molar-refractivity contribution in [1.29, 1.82) is 0 Å². The highest BCUT2D eigenvalue weighted by Crippen LogP contribution is 2.19. The molecule has 5 nitrogen and oxygen atoms in total. The van der Waals surface area contributed by atoms with E-state index in [1.54, 1.807) is 26.0 Å². The number of alkyl carbamates (subject to hydrolysis) is 1. The van der Waals surface area contributed by atoms with E-state index >= 15 is 0 Å². The first-order chi connectivity index (χ1) is 9.36. The molecule has 1 aromatic carbocycles. The molecule has 0 spiro atoms. The zero-order valence-electron chi connectivity index (χ0n) is 12.1. The van der Waals surface area contributed by atoms with Crippen molar-refractivity contribution in [3.05, 3.63) is 35.9 Å². The number of rotatable bonds is 4. The summed E-state index contributed by atoms with van der Waals surface area (Å²) in [4.78, 5) is 22.8. The van der Waals surface area contributed by atoms with Crippen LogP contribution in [0.4, 0.5) is 4.79 Å². The number of benzene rings is 1. The summed E-state index contributed by atoms with van der Waals surface area (Å²) >= 11 is 0. The van der Waals surface area contributed by atoms with Crippen LogP contribution in [0.1, 0.15) is 27.7 Å². The van der Waals surface area contributed by atoms with E-state index in [0.29, 0.717) is 0 Å². The number of carboxylic acids is 1. The molecule has 1 atom stereocenters. The predicted octanol–water partition coefficient (Wildman–Crippen LogP) is 2.41. The second-order valence-corrected chi connectivity index (χ2v) is 4.97. The fourth-order valence-corrected chi connectivity index (χ4v) is 1.47. The molecule has 0 saturated carbocycles. The molecule has 1 amide bonds. The van der Waals surface area contributed by atoms with E-state index in [-0.39, 0.29) is 13.5 Å². The standard InChI is InChI=1S/C14H19NO4/c1-14(2,3)11(12(16)17)15-13(18)19-9-10-7-5-4-6-8-10/h4-8,11H,9H2,1-3H3,(H,15,18)(H,16,17)/t11-/m1/s1/i1D. The van der Waals surface area contributed by atoms with Gasteiger partial charge in [0.05, 0.1) is 0 Å². The molecule has 0 aliphatic heterocycles. The second kappa shape index (κ2) is 6.22. The normalized spacial score (nSPS) is 13.3. The Labute approximate surface area is 114 Å². The van der Waals surface area contributed by atoms with Crippen LogP contribution in [-0.4, -0.2) is 23.2 Å². The first-order valence-electron chi connectivity index (χ1n) is 6.57. The summed E-state index contributed by atoms with van der Waals surface area (Å²) in [6.07, 6.45) is -0.803. The maximum absolute atomic E-state index is 11.6. The fourth-order valence-electron chi connectivity index (χ4n) is 1.47. The van der Waals surface area contributed by atoms with E-state index in [1.807, 2.05) is 18.2 Å². The van der Waals surface area contributed by atoms with Crippen LogP contribution in [0.15, 0.2) is 30.3 Å². The van der Waals surface area contributed by atoms with Crippen molar-refractivity contribution < 1.29 is 20.8 Å². The molecule has 104 valence electrons. The molecule has 1 aromatic rings. The SMILES string of the molecule is [2H]CC(C)(C)[C@H](NC(=O)OCc1ccccc1)C(=O)O. The minimum atomic E-state index is -1.18. The van der Waals surface area contributed by atoms with E-state index in [0.717, 1.165) is 5.56 Å².